The maximum Gasteiger partial charge on any atom is 0.0147 e. The minimum Gasteiger partial charge on any atom is -0.159 e. The molecule has 104 valence electrons. The summed E-state index contributed by atoms with van der Waals surface area (Å²) in [5, 5.41) is 0.747. The van der Waals surface area contributed by atoms with Crippen LogP contribution in [0.25, 0.3) is 0 Å². The fourth-order valence-corrected chi connectivity index (χ4v) is 5.25. The van der Waals surface area contributed by atoms with E-state index in [0.29, 0.717) is 9.49 Å². The quantitative estimate of drug-likeness (QED) is 0.615. The lowest BCUT2D eigenvalue weighted by Gasteiger charge is -2.38. The first kappa shape index (κ1) is 18.0. The van der Waals surface area contributed by atoms with Crippen molar-refractivity contribution in [3.63, 3.8) is 0 Å². The topological polar surface area (TPSA) is 0 Å². The molecule has 2 atom stereocenters. The summed E-state index contributed by atoms with van der Waals surface area (Å²) < 4.78 is 0.753. The third-order valence-electron chi connectivity index (χ3n) is 3.11. The van der Waals surface area contributed by atoms with Gasteiger partial charge in [-0.3, -0.25) is 0 Å². The Bertz CT molecular complexity index is 206. The van der Waals surface area contributed by atoms with E-state index >= 15 is 0 Å². The summed E-state index contributed by atoms with van der Waals surface area (Å²) in [5.74, 6) is 3.26. The summed E-state index contributed by atoms with van der Waals surface area (Å²) in [6, 6.07) is 0. The van der Waals surface area contributed by atoms with Crippen molar-refractivity contribution in [3.8, 4) is 0 Å². The van der Waals surface area contributed by atoms with Gasteiger partial charge in [-0.2, -0.15) is 35.3 Å². The zero-order valence-corrected chi connectivity index (χ0v) is 15.2. The minimum atomic E-state index is 0.375. The van der Waals surface area contributed by atoms with Crippen LogP contribution in [0.3, 0.4) is 0 Å². The van der Waals surface area contributed by atoms with Crippen LogP contribution in [-0.4, -0.2) is 32.5 Å². The summed E-state index contributed by atoms with van der Waals surface area (Å²) in [6.07, 6.45) is 2.25. The van der Waals surface area contributed by atoms with Gasteiger partial charge >= 0.3 is 0 Å². The number of rotatable bonds is 7. The van der Waals surface area contributed by atoms with Gasteiger partial charge in [-0.05, 0) is 23.7 Å². The average molecular weight is 295 g/mol. The zero-order chi connectivity index (χ0) is 13.7. The molecule has 0 aromatic rings. The highest BCUT2D eigenvalue weighted by atomic mass is 32.2. The lowest BCUT2D eigenvalue weighted by Crippen LogP contribution is -2.37. The fraction of sp³-hybridized carbons (Fsp3) is 1.00. The number of hydrogen-bond donors (Lipinski definition) is 0. The second-order valence-electron chi connectivity index (χ2n) is 6.00. The minimum absolute atomic E-state index is 0.375. The second kappa shape index (κ2) is 7.59. The molecule has 0 aliphatic heterocycles. The smallest absolute Gasteiger partial charge is 0.0147 e. The van der Waals surface area contributed by atoms with Gasteiger partial charge in [0.05, 0.1) is 0 Å². The summed E-state index contributed by atoms with van der Waals surface area (Å²) in [5.41, 5.74) is 0. The van der Waals surface area contributed by atoms with Crippen molar-refractivity contribution in [1.29, 1.82) is 0 Å². The van der Waals surface area contributed by atoms with E-state index in [2.05, 4.69) is 78.2 Å². The maximum atomic E-state index is 2.40. The first-order valence-electron chi connectivity index (χ1n) is 6.44. The Morgan fingerprint density at radius 2 is 1.59 bits per heavy atom. The van der Waals surface area contributed by atoms with Crippen LogP contribution in [0, 0.1) is 5.92 Å². The maximum absolute atomic E-state index is 2.40. The first-order valence-corrected chi connectivity index (χ1v) is 9.70. The average Bonchev–Trinajstić information content (AvgIpc) is 2.16. The molecule has 0 fully saturated rings. The molecule has 0 aromatic carbocycles. The van der Waals surface area contributed by atoms with Gasteiger partial charge < -0.3 is 0 Å². The highest BCUT2D eigenvalue weighted by molar-refractivity contribution is 8.02. The van der Waals surface area contributed by atoms with Crippen molar-refractivity contribution in [2.45, 2.75) is 63.2 Å². The van der Waals surface area contributed by atoms with Gasteiger partial charge in [-0.1, -0.05) is 48.5 Å². The molecule has 0 rings (SSSR count). The van der Waals surface area contributed by atoms with Gasteiger partial charge in [0.25, 0.3) is 0 Å². The highest BCUT2D eigenvalue weighted by Gasteiger charge is 2.33. The van der Waals surface area contributed by atoms with E-state index in [9.17, 15) is 0 Å². The van der Waals surface area contributed by atoms with Gasteiger partial charge in [0.15, 0.2) is 0 Å². The van der Waals surface area contributed by atoms with Gasteiger partial charge in [-0.15, -0.1) is 0 Å². The normalized spacial score (nSPS) is 16.9. The SMILES string of the molecule is CCSC(C)C(CSC(C)(C)C)C(C)(C)SC. The molecule has 0 nitrogen and oxygen atoms in total. The van der Waals surface area contributed by atoms with E-state index in [1.165, 1.54) is 11.5 Å². The van der Waals surface area contributed by atoms with Crippen molar-refractivity contribution in [1.82, 2.24) is 0 Å². The Hall–Kier alpha value is 1.05. The molecule has 17 heavy (non-hydrogen) atoms. The third kappa shape index (κ3) is 7.27. The summed E-state index contributed by atoms with van der Waals surface area (Å²) in [4.78, 5) is 0. The number of thioether (sulfide) groups is 3. The fourth-order valence-electron chi connectivity index (χ4n) is 1.77. The molecule has 0 aliphatic carbocycles. The van der Waals surface area contributed by atoms with Crippen molar-refractivity contribution in [2.24, 2.45) is 5.92 Å². The van der Waals surface area contributed by atoms with Gasteiger partial charge in [0.1, 0.15) is 0 Å². The van der Waals surface area contributed by atoms with E-state index in [4.69, 9.17) is 0 Å². The molecule has 0 saturated heterocycles. The molecule has 0 heterocycles. The molecule has 0 spiro atoms. The Morgan fingerprint density at radius 3 is 1.94 bits per heavy atom. The van der Waals surface area contributed by atoms with E-state index in [1.807, 2.05) is 11.8 Å². The van der Waals surface area contributed by atoms with Crippen LogP contribution in [0.5, 0.6) is 0 Å². The highest BCUT2D eigenvalue weighted by Crippen LogP contribution is 2.40. The predicted octanol–water partition coefficient (Wildman–Crippen LogP) is 5.42. The molecular formula is C14H30S3. The molecular weight excluding hydrogens is 264 g/mol. The molecule has 0 aromatic heterocycles. The van der Waals surface area contributed by atoms with Crippen molar-refractivity contribution < 1.29 is 0 Å². The van der Waals surface area contributed by atoms with Crippen LogP contribution in [-0.2, 0) is 0 Å². The van der Waals surface area contributed by atoms with Crippen LogP contribution < -0.4 is 0 Å². The first-order chi connectivity index (χ1) is 7.64. The van der Waals surface area contributed by atoms with Crippen molar-refractivity contribution in [2.75, 3.05) is 17.8 Å². The van der Waals surface area contributed by atoms with Crippen LogP contribution in [0.1, 0.15) is 48.5 Å². The van der Waals surface area contributed by atoms with E-state index in [-0.39, 0.29) is 0 Å². The molecule has 0 aliphatic rings. The molecule has 2 unspecified atom stereocenters. The van der Waals surface area contributed by atoms with Crippen molar-refractivity contribution in [3.05, 3.63) is 0 Å². The van der Waals surface area contributed by atoms with Crippen LogP contribution >= 0.6 is 35.3 Å². The van der Waals surface area contributed by atoms with Crippen LogP contribution in [0.15, 0.2) is 0 Å². The van der Waals surface area contributed by atoms with Crippen LogP contribution in [0.2, 0.25) is 0 Å². The van der Waals surface area contributed by atoms with Gasteiger partial charge in [-0.25, -0.2) is 0 Å². The van der Waals surface area contributed by atoms with Crippen molar-refractivity contribution >= 4 is 35.3 Å². The van der Waals surface area contributed by atoms with E-state index < -0.39 is 0 Å². The Kier molecular flexibility index (Phi) is 8.06. The molecule has 0 amide bonds. The zero-order valence-electron chi connectivity index (χ0n) is 12.8. The van der Waals surface area contributed by atoms with Gasteiger partial charge in [0.2, 0.25) is 0 Å². The second-order valence-corrected chi connectivity index (χ2v) is 11.0. The van der Waals surface area contributed by atoms with E-state index in [1.54, 1.807) is 0 Å². The van der Waals surface area contributed by atoms with Gasteiger partial charge in [0, 0.05) is 14.7 Å². The predicted molar refractivity (Wildman–Crippen MR) is 90.9 cm³/mol. The summed E-state index contributed by atoms with van der Waals surface area (Å²) >= 11 is 6.23. The molecule has 3 heteroatoms. The third-order valence-corrected chi connectivity index (χ3v) is 7.05. The molecule has 0 radical (unpaired) electrons. The summed E-state index contributed by atoms with van der Waals surface area (Å²) in [7, 11) is 0. The largest absolute Gasteiger partial charge is 0.159 e. The lowest BCUT2D eigenvalue weighted by atomic mass is 9.94. The Balaban J connectivity index is 4.62. The van der Waals surface area contributed by atoms with E-state index in [0.717, 1.165) is 11.2 Å². The standard InChI is InChI=1S/C14H30S3/c1-9-16-11(2)12(14(6,7)15-8)10-17-13(3,4)5/h11-12H,9-10H2,1-8H3. The Morgan fingerprint density at radius 1 is 1.06 bits per heavy atom. The summed E-state index contributed by atoms with van der Waals surface area (Å²) in [6.45, 7) is 16.4. The Labute approximate surface area is 122 Å². The molecule has 0 saturated carbocycles. The molecule has 0 bridgehead atoms. The number of hydrogen-bond acceptors (Lipinski definition) is 3. The monoisotopic (exact) mass is 294 g/mol. The molecule has 0 N–H and O–H groups in total. The lowest BCUT2D eigenvalue weighted by molar-refractivity contribution is 0.466. The van der Waals surface area contributed by atoms with Crippen LogP contribution in [0.4, 0.5) is 0 Å².